The van der Waals surface area contributed by atoms with Crippen LogP contribution in [-0.4, -0.2) is 14.8 Å². The van der Waals surface area contributed by atoms with Crippen molar-refractivity contribution in [3.8, 4) is 0 Å². The van der Waals surface area contributed by atoms with Crippen LogP contribution in [0.3, 0.4) is 0 Å². The van der Waals surface area contributed by atoms with E-state index in [1.54, 1.807) is 4.57 Å². The lowest BCUT2D eigenvalue weighted by molar-refractivity contribution is 0.793. The van der Waals surface area contributed by atoms with E-state index >= 15 is 0 Å². The maximum absolute atomic E-state index is 5.67. The number of anilines is 1. The SMILES string of the molecule is Nc1n[nH]c(=S)n1Cc1cccc(Br)c1. The Morgan fingerprint density at radius 1 is 1.53 bits per heavy atom. The number of hydrogen-bond donors (Lipinski definition) is 2. The molecule has 0 radical (unpaired) electrons. The molecule has 0 bridgehead atoms. The summed E-state index contributed by atoms with van der Waals surface area (Å²) in [7, 11) is 0. The molecule has 15 heavy (non-hydrogen) atoms. The highest BCUT2D eigenvalue weighted by atomic mass is 79.9. The third-order valence-corrected chi connectivity index (χ3v) is 2.82. The smallest absolute Gasteiger partial charge is 0.220 e. The maximum Gasteiger partial charge on any atom is 0.220 e. The van der Waals surface area contributed by atoms with Gasteiger partial charge in [-0.2, -0.15) is 0 Å². The van der Waals surface area contributed by atoms with E-state index < -0.39 is 0 Å². The van der Waals surface area contributed by atoms with E-state index in [-0.39, 0.29) is 0 Å². The number of hydrogen-bond acceptors (Lipinski definition) is 3. The molecule has 0 aliphatic rings. The quantitative estimate of drug-likeness (QED) is 0.833. The summed E-state index contributed by atoms with van der Waals surface area (Å²) in [5.74, 6) is 0.403. The molecule has 1 aromatic heterocycles. The van der Waals surface area contributed by atoms with Crippen LogP contribution in [0.2, 0.25) is 0 Å². The van der Waals surface area contributed by atoms with Crippen molar-refractivity contribution in [2.75, 3.05) is 5.73 Å². The zero-order chi connectivity index (χ0) is 10.8. The van der Waals surface area contributed by atoms with Crippen LogP contribution in [0.5, 0.6) is 0 Å². The van der Waals surface area contributed by atoms with E-state index in [9.17, 15) is 0 Å². The third-order valence-electron chi connectivity index (χ3n) is 2.02. The van der Waals surface area contributed by atoms with Crippen LogP contribution >= 0.6 is 28.1 Å². The summed E-state index contributed by atoms with van der Waals surface area (Å²) in [5.41, 5.74) is 6.79. The molecule has 78 valence electrons. The van der Waals surface area contributed by atoms with Crippen molar-refractivity contribution < 1.29 is 0 Å². The van der Waals surface area contributed by atoms with Crippen molar-refractivity contribution in [2.45, 2.75) is 6.54 Å². The number of nitrogen functional groups attached to an aromatic ring is 1. The first-order valence-electron chi connectivity index (χ1n) is 4.32. The maximum atomic E-state index is 5.67. The van der Waals surface area contributed by atoms with Crippen LogP contribution < -0.4 is 5.73 Å². The Kier molecular flexibility index (Phi) is 2.88. The number of aromatic nitrogens is 3. The van der Waals surface area contributed by atoms with Gasteiger partial charge in [-0.05, 0) is 29.9 Å². The number of nitrogens with zero attached hydrogens (tertiary/aromatic N) is 2. The predicted molar refractivity (Wildman–Crippen MR) is 65.1 cm³/mol. The Balaban J connectivity index is 2.33. The minimum atomic E-state index is 0.403. The predicted octanol–water partition coefficient (Wildman–Crippen LogP) is 2.33. The summed E-state index contributed by atoms with van der Waals surface area (Å²) in [4.78, 5) is 0. The number of aromatic amines is 1. The molecule has 0 fully saturated rings. The molecular weight excluding hydrogens is 276 g/mol. The Hall–Kier alpha value is -1.14. The van der Waals surface area contributed by atoms with Gasteiger partial charge < -0.3 is 5.73 Å². The Bertz CT molecular complexity index is 531. The lowest BCUT2D eigenvalue weighted by Crippen LogP contribution is -2.04. The second-order valence-corrected chi connectivity index (χ2v) is 4.41. The topological polar surface area (TPSA) is 59.6 Å². The molecule has 0 unspecified atom stereocenters. The van der Waals surface area contributed by atoms with Crippen LogP contribution in [0.4, 0.5) is 5.95 Å². The largest absolute Gasteiger partial charge is 0.368 e. The minimum absolute atomic E-state index is 0.403. The van der Waals surface area contributed by atoms with Gasteiger partial charge in [0.25, 0.3) is 0 Å². The van der Waals surface area contributed by atoms with Gasteiger partial charge in [-0.3, -0.25) is 4.57 Å². The molecule has 0 aliphatic heterocycles. The van der Waals surface area contributed by atoms with E-state index in [4.69, 9.17) is 18.0 Å². The van der Waals surface area contributed by atoms with Gasteiger partial charge in [-0.15, -0.1) is 5.10 Å². The van der Waals surface area contributed by atoms with Crippen molar-refractivity contribution in [1.82, 2.24) is 14.8 Å². The van der Waals surface area contributed by atoms with Crippen molar-refractivity contribution in [2.24, 2.45) is 0 Å². The van der Waals surface area contributed by atoms with Gasteiger partial charge in [-0.1, -0.05) is 28.1 Å². The minimum Gasteiger partial charge on any atom is -0.368 e. The molecule has 0 spiro atoms. The normalized spacial score (nSPS) is 10.5. The first kappa shape index (κ1) is 10.4. The highest BCUT2D eigenvalue weighted by Crippen LogP contribution is 2.13. The van der Waals surface area contributed by atoms with Gasteiger partial charge in [0.1, 0.15) is 0 Å². The number of nitrogens with one attached hydrogen (secondary N) is 1. The van der Waals surface area contributed by atoms with E-state index in [1.165, 1.54) is 0 Å². The first-order chi connectivity index (χ1) is 7.16. The number of halogens is 1. The lowest BCUT2D eigenvalue weighted by atomic mass is 10.2. The van der Waals surface area contributed by atoms with Gasteiger partial charge in [0.15, 0.2) is 4.77 Å². The Morgan fingerprint density at radius 2 is 2.33 bits per heavy atom. The van der Waals surface area contributed by atoms with E-state index in [0.717, 1.165) is 10.0 Å². The van der Waals surface area contributed by atoms with Crippen LogP contribution in [0, 0.1) is 4.77 Å². The third kappa shape index (κ3) is 2.27. The van der Waals surface area contributed by atoms with Crippen molar-refractivity contribution in [3.63, 3.8) is 0 Å². The second-order valence-electron chi connectivity index (χ2n) is 3.10. The van der Waals surface area contributed by atoms with Crippen LogP contribution in [0.1, 0.15) is 5.56 Å². The van der Waals surface area contributed by atoms with Crippen LogP contribution in [0.15, 0.2) is 28.7 Å². The first-order valence-corrected chi connectivity index (χ1v) is 5.52. The highest BCUT2D eigenvalue weighted by molar-refractivity contribution is 9.10. The zero-order valence-corrected chi connectivity index (χ0v) is 10.2. The summed E-state index contributed by atoms with van der Waals surface area (Å²) in [6.07, 6.45) is 0. The molecule has 0 amide bonds. The summed E-state index contributed by atoms with van der Waals surface area (Å²) in [6.45, 7) is 0.626. The molecule has 0 atom stereocenters. The molecule has 0 saturated carbocycles. The molecule has 0 saturated heterocycles. The summed E-state index contributed by atoms with van der Waals surface area (Å²) >= 11 is 8.47. The molecule has 1 aromatic carbocycles. The highest BCUT2D eigenvalue weighted by Gasteiger charge is 2.02. The molecular formula is C9H9BrN4S. The van der Waals surface area contributed by atoms with Crippen molar-refractivity contribution in [1.29, 1.82) is 0 Å². The molecule has 0 aliphatic carbocycles. The monoisotopic (exact) mass is 284 g/mol. The van der Waals surface area contributed by atoms with Gasteiger partial charge in [0.05, 0.1) is 6.54 Å². The van der Waals surface area contributed by atoms with Gasteiger partial charge in [0, 0.05) is 4.47 Å². The number of H-pyrrole nitrogens is 1. The number of nitrogens with two attached hydrogens (primary N) is 1. The molecule has 2 rings (SSSR count). The van der Waals surface area contributed by atoms with Crippen LogP contribution in [0.25, 0.3) is 0 Å². The van der Waals surface area contributed by atoms with Crippen molar-refractivity contribution >= 4 is 34.1 Å². The summed E-state index contributed by atoms with van der Waals surface area (Å²) in [5, 5.41) is 6.50. The molecule has 4 nitrogen and oxygen atoms in total. The fraction of sp³-hybridized carbons (Fsp3) is 0.111. The summed E-state index contributed by atoms with van der Waals surface area (Å²) in [6, 6.07) is 7.98. The molecule has 6 heteroatoms. The standard InChI is InChI=1S/C9H9BrN4S/c10-7-3-1-2-6(4-7)5-14-8(11)12-13-9(14)15/h1-4H,5H2,(H2,11,12)(H,13,15). The summed E-state index contributed by atoms with van der Waals surface area (Å²) < 4.78 is 3.32. The van der Waals surface area contributed by atoms with Gasteiger partial charge >= 0.3 is 0 Å². The average Bonchev–Trinajstić information content (AvgIpc) is 2.50. The fourth-order valence-electron chi connectivity index (χ4n) is 1.30. The Morgan fingerprint density at radius 3 is 2.93 bits per heavy atom. The van der Waals surface area contributed by atoms with E-state index in [2.05, 4.69) is 26.1 Å². The number of rotatable bonds is 2. The second kappa shape index (κ2) is 4.16. The zero-order valence-electron chi connectivity index (χ0n) is 7.77. The molecule has 1 heterocycles. The van der Waals surface area contributed by atoms with Crippen molar-refractivity contribution in [3.05, 3.63) is 39.1 Å². The lowest BCUT2D eigenvalue weighted by Gasteiger charge is -2.04. The van der Waals surface area contributed by atoms with E-state index in [0.29, 0.717) is 17.3 Å². The Labute approximate surface area is 100 Å². The van der Waals surface area contributed by atoms with Gasteiger partial charge in [0.2, 0.25) is 5.95 Å². The van der Waals surface area contributed by atoms with E-state index in [1.807, 2.05) is 24.3 Å². The molecule has 2 aromatic rings. The van der Waals surface area contributed by atoms with Gasteiger partial charge in [-0.25, -0.2) is 5.10 Å². The number of benzene rings is 1. The average molecular weight is 285 g/mol. The fourth-order valence-corrected chi connectivity index (χ4v) is 1.95. The van der Waals surface area contributed by atoms with Crippen LogP contribution in [-0.2, 0) is 6.54 Å². The molecule has 3 N–H and O–H groups in total.